The number of imidazole rings is 1. The van der Waals surface area contributed by atoms with Crippen LogP contribution < -0.4 is 5.32 Å². The minimum Gasteiger partial charge on any atom is -0.370 e. The van der Waals surface area contributed by atoms with Gasteiger partial charge in [-0.25, -0.2) is 15.0 Å². The molecule has 0 fully saturated rings. The Labute approximate surface area is 101 Å². The van der Waals surface area contributed by atoms with Gasteiger partial charge in [0.2, 0.25) is 0 Å². The lowest BCUT2D eigenvalue weighted by atomic mass is 10.4. The maximum atomic E-state index is 4.44. The second-order valence-electron chi connectivity index (χ2n) is 3.76. The van der Waals surface area contributed by atoms with Crippen LogP contribution >= 0.6 is 0 Å². The Hall–Kier alpha value is -1.91. The predicted molar refractivity (Wildman–Crippen MR) is 67.4 cm³/mol. The zero-order valence-electron chi connectivity index (χ0n) is 10.4. The highest BCUT2D eigenvalue weighted by atomic mass is 15.1. The lowest BCUT2D eigenvalue weighted by Crippen LogP contribution is -2.07. The van der Waals surface area contributed by atoms with Gasteiger partial charge >= 0.3 is 0 Å². The summed E-state index contributed by atoms with van der Waals surface area (Å²) < 4.78 is 2.00. The smallest absolute Gasteiger partial charge is 0.143 e. The number of anilines is 1. The van der Waals surface area contributed by atoms with Crippen molar-refractivity contribution in [2.45, 2.75) is 27.2 Å². The van der Waals surface area contributed by atoms with Crippen molar-refractivity contribution in [2.75, 3.05) is 11.9 Å². The van der Waals surface area contributed by atoms with Crippen molar-refractivity contribution in [3.8, 4) is 5.82 Å². The summed E-state index contributed by atoms with van der Waals surface area (Å²) >= 11 is 0. The van der Waals surface area contributed by atoms with Crippen LogP contribution in [-0.2, 0) is 6.42 Å². The average Bonchev–Trinajstić information content (AvgIpc) is 2.76. The van der Waals surface area contributed by atoms with Gasteiger partial charge in [-0.15, -0.1) is 0 Å². The molecular weight excluding hydrogens is 214 g/mol. The molecule has 0 saturated heterocycles. The van der Waals surface area contributed by atoms with Crippen molar-refractivity contribution in [3.05, 3.63) is 30.1 Å². The van der Waals surface area contributed by atoms with Crippen molar-refractivity contribution in [2.24, 2.45) is 0 Å². The third kappa shape index (κ3) is 2.43. The van der Waals surface area contributed by atoms with Crippen molar-refractivity contribution >= 4 is 5.82 Å². The van der Waals surface area contributed by atoms with Crippen LogP contribution in [-0.4, -0.2) is 26.1 Å². The number of aromatic nitrogens is 4. The molecule has 17 heavy (non-hydrogen) atoms. The summed E-state index contributed by atoms with van der Waals surface area (Å²) in [6.45, 7) is 6.87. The van der Waals surface area contributed by atoms with Crippen molar-refractivity contribution in [1.82, 2.24) is 19.5 Å². The van der Waals surface area contributed by atoms with E-state index in [2.05, 4.69) is 27.2 Å². The van der Waals surface area contributed by atoms with Gasteiger partial charge in [0.15, 0.2) is 0 Å². The molecule has 0 aliphatic heterocycles. The van der Waals surface area contributed by atoms with Crippen LogP contribution in [0.3, 0.4) is 0 Å². The van der Waals surface area contributed by atoms with Gasteiger partial charge in [-0.3, -0.25) is 4.57 Å². The Balaban J connectivity index is 2.44. The zero-order chi connectivity index (χ0) is 12.3. The van der Waals surface area contributed by atoms with E-state index in [1.807, 2.05) is 30.7 Å². The van der Waals surface area contributed by atoms with Crippen molar-refractivity contribution < 1.29 is 0 Å². The molecule has 2 heterocycles. The molecule has 0 aliphatic carbocycles. The SMILES string of the molecule is CCNc1cc(-n2ccnc2CC)nc(C)n1. The fourth-order valence-electron chi connectivity index (χ4n) is 1.75. The zero-order valence-corrected chi connectivity index (χ0v) is 10.4. The van der Waals surface area contributed by atoms with Crippen molar-refractivity contribution in [3.63, 3.8) is 0 Å². The summed E-state index contributed by atoms with van der Waals surface area (Å²) in [5.74, 6) is 3.48. The van der Waals surface area contributed by atoms with E-state index in [0.717, 1.165) is 36.3 Å². The quantitative estimate of drug-likeness (QED) is 0.874. The van der Waals surface area contributed by atoms with Crippen LogP contribution in [0.2, 0.25) is 0 Å². The largest absolute Gasteiger partial charge is 0.370 e. The number of rotatable bonds is 4. The summed E-state index contributed by atoms with van der Waals surface area (Å²) in [4.78, 5) is 13.1. The van der Waals surface area contributed by atoms with E-state index in [4.69, 9.17) is 0 Å². The van der Waals surface area contributed by atoms with E-state index < -0.39 is 0 Å². The molecule has 0 amide bonds. The molecule has 2 rings (SSSR count). The van der Waals surface area contributed by atoms with Gasteiger partial charge in [0.1, 0.15) is 23.3 Å². The molecule has 0 aliphatic rings. The molecule has 0 bridgehead atoms. The Bertz CT molecular complexity index is 503. The van der Waals surface area contributed by atoms with E-state index >= 15 is 0 Å². The molecule has 90 valence electrons. The van der Waals surface area contributed by atoms with Gasteiger partial charge in [0.05, 0.1) is 0 Å². The van der Waals surface area contributed by atoms with E-state index in [-0.39, 0.29) is 0 Å². The highest BCUT2D eigenvalue weighted by Gasteiger charge is 2.06. The second kappa shape index (κ2) is 4.95. The third-order valence-corrected chi connectivity index (χ3v) is 2.46. The fourth-order valence-corrected chi connectivity index (χ4v) is 1.75. The molecule has 0 saturated carbocycles. The molecule has 5 nitrogen and oxygen atoms in total. The third-order valence-electron chi connectivity index (χ3n) is 2.46. The summed E-state index contributed by atoms with van der Waals surface area (Å²) in [7, 11) is 0. The van der Waals surface area contributed by atoms with Crippen LogP contribution in [0, 0.1) is 6.92 Å². The maximum absolute atomic E-state index is 4.44. The summed E-state index contributed by atoms with van der Waals surface area (Å²) in [5, 5.41) is 3.20. The molecule has 0 aromatic carbocycles. The molecule has 0 radical (unpaired) electrons. The molecule has 0 spiro atoms. The molecule has 5 heteroatoms. The summed E-state index contributed by atoms with van der Waals surface area (Å²) in [6, 6.07) is 1.94. The molecule has 0 unspecified atom stereocenters. The van der Waals surface area contributed by atoms with Crippen LogP contribution in [0.1, 0.15) is 25.5 Å². The van der Waals surface area contributed by atoms with E-state index in [1.54, 1.807) is 6.20 Å². The van der Waals surface area contributed by atoms with Gasteiger partial charge in [0.25, 0.3) is 0 Å². The number of aryl methyl sites for hydroxylation is 2. The second-order valence-corrected chi connectivity index (χ2v) is 3.76. The van der Waals surface area contributed by atoms with E-state index in [1.165, 1.54) is 0 Å². The first kappa shape index (κ1) is 11.6. The monoisotopic (exact) mass is 231 g/mol. The van der Waals surface area contributed by atoms with Crippen LogP contribution in [0.5, 0.6) is 0 Å². The maximum Gasteiger partial charge on any atom is 0.143 e. The average molecular weight is 231 g/mol. The van der Waals surface area contributed by atoms with Gasteiger partial charge in [0, 0.05) is 31.4 Å². The van der Waals surface area contributed by atoms with Gasteiger partial charge < -0.3 is 5.32 Å². The van der Waals surface area contributed by atoms with Crippen molar-refractivity contribution in [1.29, 1.82) is 0 Å². The molecule has 1 N–H and O–H groups in total. The van der Waals surface area contributed by atoms with Crippen LogP contribution in [0.15, 0.2) is 18.5 Å². The van der Waals surface area contributed by atoms with E-state index in [9.17, 15) is 0 Å². The molecule has 0 atom stereocenters. The van der Waals surface area contributed by atoms with Crippen LogP contribution in [0.25, 0.3) is 5.82 Å². The summed E-state index contributed by atoms with van der Waals surface area (Å²) in [5.41, 5.74) is 0. The van der Waals surface area contributed by atoms with Gasteiger partial charge in [-0.2, -0.15) is 0 Å². The first-order chi connectivity index (χ1) is 8.24. The highest BCUT2D eigenvalue weighted by Crippen LogP contribution is 2.13. The topological polar surface area (TPSA) is 55.6 Å². The fraction of sp³-hybridized carbons (Fsp3) is 0.417. The molecular formula is C12H17N5. The van der Waals surface area contributed by atoms with Gasteiger partial charge in [-0.05, 0) is 13.8 Å². The Kier molecular flexibility index (Phi) is 3.37. The number of nitrogens with one attached hydrogen (secondary N) is 1. The number of nitrogens with zero attached hydrogens (tertiary/aromatic N) is 4. The lowest BCUT2D eigenvalue weighted by Gasteiger charge is -2.09. The van der Waals surface area contributed by atoms with Gasteiger partial charge in [-0.1, -0.05) is 6.92 Å². The first-order valence-corrected chi connectivity index (χ1v) is 5.86. The Morgan fingerprint density at radius 2 is 2.12 bits per heavy atom. The number of hydrogen-bond donors (Lipinski definition) is 1. The highest BCUT2D eigenvalue weighted by molar-refractivity contribution is 5.42. The molecule has 2 aromatic heterocycles. The molecule has 2 aromatic rings. The first-order valence-electron chi connectivity index (χ1n) is 5.86. The minimum atomic E-state index is 0.759. The predicted octanol–water partition coefficient (Wildman–Crippen LogP) is 1.96. The normalized spacial score (nSPS) is 10.5. The Morgan fingerprint density at radius 1 is 1.29 bits per heavy atom. The lowest BCUT2D eigenvalue weighted by molar-refractivity contribution is 0.851. The number of hydrogen-bond acceptors (Lipinski definition) is 4. The minimum absolute atomic E-state index is 0.759. The Morgan fingerprint density at radius 3 is 2.82 bits per heavy atom. The standard InChI is InChI=1S/C12H17N5/c1-4-11-14-6-7-17(11)12-8-10(13-5-2)15-9(3)16-12/h6-8H,4-5H2,1-3H3,(H,13,15,16). The van der Waals surface area contributed by atoms with E-state index in [0.29, 0.717) is 0 Å². The summed E-state index contributed by atoms with van der Waals surface area (Å²) in [6.07, 6.45) is 4.60. The van der Waals surface area contributed by atoms with Crippen LogP contribution in [0.4, 0.5) is 5.82 Å².